The summed E-state index contributed by atoms with van der Waals surface area (Å²) in [4.78, 5) is 0. The molecule has 2 nitrogen and oxygen atoms in total. The number of rotatable bonds is 1. The normalized spacial score (nSPS) is 37.6. The molecule has 0 bridgehead atoms. The van der Waals surface area contributed by atoms with E-state index in [2.05, 4.69) is 11.4 Å². The van der Waals surface area contributed by atoms with Gasteiger partial charge in [0.15, 0.2) is 0 Å². The fourth-order valence-electron chi connectivity index (χ4n) is 3.01. The molecule has 1 saturated carbocycles. The lowest BCUT2D eigenvalue weighted by molar-refractivity contribution is 0.00119. The van der Waals surface area contributed by atoms with Crippen molar-refractivity contribution in [3.8, 4) is 0 Å². The maximum Gasteiger partial charge on any atom is 0.133 e. The first-order valence-corrected chi connectivity index (χ1v) is 5.95. The summed E-state index contributed by atoms with van der Waals surface area (Å²) in [5.41, 5.74) is 6.99. The fraction of sp³-hybridized carbons (Fsp3) is 0.538. The van der Waals surface area contributed by atoms with E-state index in [1.54, 1.807) is 0 Å². The molecule has 1 aromatic rings. The second-order valence-electron chi connectivity index (χ2n) is 5.04. The van der Waals surface area contributed by atoms with Gasteiger partial charge in [-0.05, 0) is 36.9 Å². The first kappa shape index (κ1) is 10.2. The van der Waals surface area contributed by atoms with Crippen LogP contribution in [-0.4, -0.2) is 18.3 Å². The lowest BCUT2D eigenvalue weighted by Crippen LogP contribution is -2.56. The summed E-state index contributed by atoms with van der Waals surface area (Å²) in [7, 11) is 0. The zero-order valence-electron chi connectivity index (χ0n) is 9.25. The van der Waals surface area contributed by atoms with Crippen LogP contribution in [0.15, 0.2) is 24.3 Å². The minimum Gasteiger partial charge on any atom is -0.327 e. The largest absolute Gasteiger partial charge is 0.327 e. The zero-order chi connectivity index (χ0) is 11.2. The molecule has 2 aliphatic rings. The van der Waals surface area contributed by atoms with Crippen LogP contribution in [0.3, 0.4) is 0 Å². The second kappa shape index (κ2) is 3.54. The van der Waals surface area contributed by atoms with Gasteiger partial charge < -0.3 is 11.1 Å². The van der Waals surface area contributed by atoms with Crippen molar-refractivity contribution in [1.82, 2.24) is 5.32 Å². The Bertz CT molecular complexity index is 399. The van der Waals surface area contributed by atoms with Gasteiger partial charge in [-0.25, -0.2) is 4.39 Å². The Morgan fingerprint density at radius 1 is 1.31 bits per heavy atom. The highest BCUT2D eigenvalue weighted by Gasteiger charge is 2.50. The number of halogens is 1. The van der Waals surface area contributed by atoms with Gasteiger partial charge in [0.25, 0.3) is 0 Å². The van der Waals surface area contributed by atoms with Crippen LogP contribution in [0.2, 0.25) is 0 Å². The topological polar surface area (TPSA) is 38.0 Å². The van der Waals surface area contributed by atoms with E-state index in [4.69, 9.17) is 5.73 Å². The monoisotopic (exact) mass is 220 g/mol. The van der Waals surface area contributed by atoms with Crippen LogP contribution in [0, 0.1) is 0 Å². The first-order chi connectivity index (χ1) is 7.69. The van der Waals surface area contributed by atoms with Crippen LogP contribution in [0.5, 0.6) is 0 Å². The van der Waals surface area contributed by atoms with Crippen LogP contribution < -0.4 is 11.1 Å². The van der Waals surface area contributed by atoms with E-state index in [0.29, 0.717) is 12.8 Å². The molecule has 0 spiro atoms. The summed E-state index contributed by atoms with van der Waals surface area (Å²) < 4.78 is 14.6. The van der Waals surface area contributed by atoms with Gasteiger partial charge in [-0.1, -0.05) is 24.3 Å². The highest BCUT2D eigenvalue weighted by atomic mass is 19.1. The van der Waals surface area contributed by atoms with Crippen molar-refractivity contribution in [2.75, 3.05) is 6.54 Å². The molecule has 3 heteroatoms. The van der Waals surface area contributed by atoms with E-state index in [0.717, 1.165) is 18.5 Å². The van der Waals surface area contributed by atoms with Crippen LogP contribution >= 0.6 is 0 Å². The smallest absolute Gasteiger partial charge is 0.133 e. The number of nitrogens with two attached hydrogens (primary N) is 1. The molecule has 0 radical (unpaired) electrons. The fourth-order valence-corrected chi connectivity index (χ4v) is 3.01. The summed E-state index contributed by atoms with van der Waals surface area (Å²) in [5, 5.41) is 3.31. The molecule has 3 N–H and O–H groups in total. The molecule has 0 aromatic heterocycles. The minimum atomic E-state index is -1.13. The summed E-state index contributed by atoms with van der Waals surface area (Å²) in [5.74, 6) is 0. The predicted molar refractivity (Wildman–Crippen MR) is 61.9 cm³/mol. The Labute approximate surface area is 95.0 Å². The van der Waals surface area contributed by atoms with E-state index in [-0.39, 0.29) is 12.1 Å². The molecule has 1 atom stereocenters. The summed E-state index contributed by atoms with van der Waals surface area (Å²) in [6.07, 6.45) is 1.97. The van der Waals surface area contributed by atoms with Gasteiger partial charge in [-0.15, -0.1) is 0 Å². The number of benzene rings is 1. The van der Waals surface area contributed by atoms with E-state index < -0.39 is 5.67 Å². The Kier molecular flexibility index (Phi) is 2.26. The minimum absolute atomic E-state index is 0.0425. The highest BCUT2D eigenvalue weighted by molar-refractivity contribution is 5.35. The van der Waals surface area contributed by atoms with Crippen molar-refractivity contribution >= 4 is 0 Å². The van der Waals surface area contributed by atoms with Crippen molar-refractivity contribution in [2.24, 2.45) is 5.73 Å². The molecule has 0 amide bonds. The van der Waals surface area contributed by atoms with Crippen LogP contribution in [0.1, 0.15) is 30.0 Å². The Hall–Kier alpha value is -0.930. The van der Waals surface area contributed by atoms with Crippen molar-refractivity contribution in [2.45, 2.75) is 37.0 Å². The predicted octanol–water partition coefficient (Wildman–Crippen LogP) is 1.70. The summed E-state index contributed by atoms with van der Waals surface area (Å²) >= 11 is 0. The van der Waals surface area contributed by atoms with Crippen molar-refractivity contribution in [1.29, 1.82) is 0 Å². The molecule has 1 unspecified atom stereocenters. The average Bonchev–Trinajstić information content (AvgIpc) is 2.26. The van der Waals surface area contributed by atoms with Gasteiger partial charge in [0.1, 0.15) is 5.67 Å². The highest BCUT2D eigenvalue weighted by Crippen LogP contribution is 2.46. The SMILES string of the molecule is NC1CC(F)(C2NCCc3ccccc32)C1. The third kappa shape index (κ3) is 1.46. The number of fused-ring (bicyclic) bond motifs is 1. The maximum atomic E-state index is 14.6. The Morgan fingerprint density at radius 3 is 2.81 bits per heavy atom. The van der Waals surface area contributed by atoms with Crippen LogP contribution in [0.25, 0.3) is 0 Å². The molecule has 1 fully saturated rings. The molecule has 86 valence electrons. The molecule has 0 saturated heterocycles. The van der Waals surface area contributed by atoms with Gasteiger partial charge in [0.05, 0.1) is 6.04 Å². The van der Waals surface area contributed by atoms with Crippen molar-refractivity contribution in [3.05, 3.63) is 35.4 Å². The summed E-state index contributed by atoms with van der Waals surface area (Å²) in [6, 6.07) is 8.04. The Balaban J connectivity index is 1.93. The number of alkyl halides is 1. The quantitative estimate of drug-likeness (QED) is 0.756. The first-order valence-electron chi connectivity index (χ1n) is 5.95. The average molecular weight is 220 g/mol. The molecule has 1 aromatic carbocycles. The number of hydrogen-bond acceptors (Lipinski definition) is 2. The Morgan fingerprint density at radius 2 is 2.06 bits per heavy atom. The zero-order valence-corrected chi connectivity index (χ0v) is 9.25. The van der Waals surface area contributed by atoms with Gasteiger partial charge in [-0.3, -0.25) is 0 Å². The van der Waals surface area contributed by atoms with Crippen LogP contribution in [-0.2, 0) is 6.42 Å². The second-order valence-corrected chi connectivity index (χ2v) is 5.04. The van der Waals surface area contributed by atoms with E-state index in [1.165, 1.54) is 5.56 Å². The molecule has 16 heavy (non-hydrogen) atoms. The molecule has 3 rings (SSSR count). The lowest BCUT2D eigenvalue weighted by atomic mass is 9.69. The van der Waals surface area contributed by atoms with Gasteiger partial charge in [-0.2, -0.15) is 0 Å². The van der Waals surface area contributed by atoms with Crippen molar-refractivity contribution in [3.63, 3.8) is 0 Å². The van der Waals surface area contributed by atoms with Crippen molar-refractivity contribution < 1.29 is 4.39 Å². The van der Waals surface area contributed by atoms with Gasteiger partial charge in [0, 0.05) is 6.04 Å². The van der Waals surface area contributed by atoms with Crippen LogP contribution in [0.4, 0.5) is 4.39 Å². The van der Waals surface area contributed by atoms with Gasteiger partial charge in [0.2, 0.25) is 0 Å². The van der Waals surface area contributed by atoms with Gasteiger partial charge >= 0.3 is 0 Å². The standard InChI is InChI=1S/C13H17FN2/c14-13(7-10(15)8-13)12-11-4-2-1-3-9(11)5-6-16-12/h1-4,10,12,16H,5-8,15H2. The van der Waals surface area contributed by atoms with E-state index in [9.17, 15) is 4.39 Å². The molecular formula is C13H17FN2. The molecule has 1 aliphatic heterocycles. The number of hydrogen-bond donors (Lipinski definition) is 2. The molecule has 1 heterocycles. The third-order valence-electron chi connectivity index (χ3n) is 3.83. The third-order valence-corrected chi connectivity index (χ3v) is 3.83. The van der Waals surface area contributed by atoms with E-state index in [1.807, 2.05) is 18.2 Å². The maximum absolute atomic E-state index is 14.6. The van der Waals surface area contributed by atoms with E-state index >= 15 is 0 Å². The lowest BCUT2D eigenvalue weighted by Gasteiger charge is -2.47. The molecule has 1 aliphatic carbocycles. The number of nitrogens with one attached hydrogen (secondary N) is 1. The summed E-state index contributed by atoms with van der Waals surface area (Å²) in [6.45, 7) is 0.864. The molecular weight excluding hydrogens is 203 g/mol.